The Kier molecular flexibility index (Phi) is 5.27. The molecule has 0 saturated heterocycles. The minimum Gasteiger partial charge on any atom is -0.353 e. The van der Waals surface area contributed by atoms with Crippen LogP contribution in [-0.2, 0) is 11.3 Å². The van der Waals surface area contributed by atoms with E-state index in [1.807, 2.05) is 39.0 Å². The van der Waals surface area contributed by atoms with Crippen LogP contribution >= 0.6 is 0 Å². The van der Waals surface area contributed by atoms with Crippen molar-refractivity contribution in [3.8, 4) is 0 Å². The second-order valence-corrected chi connectivity index (χ2v) is 5.72. The first-order valence-corrected chi connectivity index (χ1v) is 7.44. The van der Waals surface area contributed by atoms with Crippen LogP contribution in [0.15, 0.2) is 35.4 Å². The summed E-state index contributed by atoms with van der Waals surface area (Å²) in [5.74, 6) is -0.0502. The van der Waals surface area contributed by atoms with Gasteiger partial charge in [-0.1, -0.05) is 12.1 Å². The maximum Gasteiger partial charge on any atom is 0.261 e. The van der Waals surface area contributed by atoms with Crippen LogP contribution < -0.4 is 16.2 Å². The Morgan fingerprint density at radius 3 is 2.73 bits per heavy atom. The van der Waals surface area contributed by atoms with Crippen molar-refractivity contribution in [1.82, 2.24) is 20.2 Å². The van der Waals surface area contributed by atoms with Crippen molar-refractivity contribution in [2.75, 3.05) is 6.54 Å². The van der Waals surface area contributed by atoms with Crippen LogP contribution in [0.4, 0.5) is 0 Å². The molecule has 2 rings (SSSR count). The Labute approximate surface area is 129 Å². The standard InChI is InChI=1S/C16H22N4O2/c1-11(2)19-15(21)8-17-12(3)9-20-10-18-14-7-5-4-6-13(14)16(20)22/h4-7,10-12,17H,8-9H2,1-3H3,(H,19,21). The highest BCUT2D eigenvalue weighted by Gasteiger charge is 2.09. The molecule has 6 heteroatoms. The zero-order chi connectivity index (χ0) is 16.1. The summed E-state index contributed by atoms with van der Waals surface area (Å²) in [6.45, 7) is 6.47. The van der Waals surface area contributed by atoms with E-state index >= 15 is 0 Å². The monoisotopic (exact) mass is 302 g/mol. The summed E-state index contributed by atoms with van der Waals surface area (Å²) in [5.41, 5.74) is 0.631. The summed E-state index contributed by atoms with van der Waals surface area (Å²) in [6.07, 6.45) is 1.55. The van der Waals surface area contributed by atoms with Gasteiger partial charge in [-0.2, -0.15) is 0 Å². The van der Waals surface area contributed by atoms with E-state index in [1.54, 1.807) is 17.0 Å². The molecule has 1 amide bonds. The Morgan fingerprint density at radius 2 is 2.00 bits per heavy atom. The summed E-state index contributed by atoms with van der Waals surface area (Å²) in [7, 11) is 0. The van der Waals surface area contributed by atoms with Crippen molar-refractivity contribution in [3.05, 3.63) is 40.9 Å². The van der Waals surface area contributed by atoms with E-state index in [9.17, 15) is 9.59 Å². The van der Waals surface area contributed by atoms with Gasteiger partial charge in [-0.25, -0.2) is 4.98 Å². The number of hydrogen-bond donors (Lipinski definition) is 2. The molecule has 1 aromatic heterocycles. The van der Waals surface area contributed by atoms with Gasteiger partial charge in [0.15, 0.2) is 0 Å². The van der Waals surface area contributed by atoms with Gasteiger partial charge in [0.1, 0.15) is 0 Å². The summed E-state index contributed by atoms with van der Waals surface area (Å²) in [5, 5.41) is 6.53. The number of hydrogen-bond acceptors (Lipinski definition) is 4. The lowest BCUT2D eigenvalue weighted by Crippen LogP contribution is -2.42. The van der Waals surface area contributed by atoms with Crippen molar-refractivity contribution in [2.45, 2.75) is 39.4 Å². The van der Waals surface area contributed by atoms with E-state index in [0.29, 0.717) is 17.4 Å². The number of benzene rings is 1. The summed E-state index contributed by atoms with van der Waals surface area (Å²) >= 11 is 0. The van der Waals surface area contributed by atoms with E-state index in [4.69, 9.17) is 0 Å². The van der Waals surface area contributed by atoms with Gasteiger partial charge >= 0.3 is 0 Å². The molecule has 22 heavy (non-hydrogen) atoms. The van der Waals surface area contributed by atoms with Crippen molar-refractivity contribution < 1.29 is 4.79 Å². The minimum atomic E-state index is -0.0640. The molecule has 0 aliphatic rings. The molecule has 118 valence electrons. The molecular weight excluding hydrogens is 280 g/mol. The third-order valence-corrected chi connectivity index (χ3v) is 3.26. The topological polar surface area (TPSA) is 76.0 Å². The van der Waals surface area contributed by atoms with Gasteiger partial charge in [0, 0.05) is 18.6 Å². The van der Waals surface area contributed by atoms with Gasteiger partial charge in [0.25, 0.3) is 5.56 Å². The number of carbonyl (C=O) groups excluding carboxylic acids is 1. The third kappa shape index (κ3) is 4.14. The smallest absolute Gasteiger partial charge is 0.261 e. The summed E-state index contributed by atoms with van der Waals surface area (Å²) in [6, 6.07) is 7.38. The summed E-state index contributed by atoms with van der Waals surface area (Å²) < 4.78 is 1.57. The van der Waals surface area contributed by atoms with Crippen molar-refractivity contribution in [1.29, 1.82) is 0 Å². The van der Waals surface area contributed by atoms with Crippen molar-refractivity contribution in [3.63, 3.8) is 0 Å². The maximum absolute atomic E-state index is 12.4. The minimum absolute atomic E-state index is 0.0152. The fourth-order valence-electron chi connectivity index (χ4n) is 2.24. The van der Waals surface area contributed by atoms with Gasteiger partial charge in [-0.15, -0.1) is 0 Å². The number of carbonyl (C=O) groups is 1. The van der Waals surface area contributed by atoms with E-state index in [0.717, 1.165) is 0 Å². The lowest BCUT2D eigenvalue weighted by Gasteiger charge is -2.16. The molecule has 2 aromatic rings. The van der Waals surface area contributed by atoms with Crippen LogP contribution in [0.1, 0.15) is 20.8 Å². The summed E-state index contributed by atoms with van der Waals surface area (Å²) in [4.78, 5) is 28.2. The molecule has 0 aliphatic heterocycles. The molecule has 0 spiro atoms. The number of nitrogens with one attached hydrogen (secondary N) is 2. The zero-order valence-corrected chi connectivity index (χ0v) is 13.2. The molecule has 0 radical (unpaired) electrons. The molecule has 1 unspecified atom stereocenters. The Hall–Kier alpha value is -2.21. The van der Waals surface area contributed by atoms with Gasteiger partial charge < -0.3 is 10.6 Å². The van der Waals surface area contributed by atoms with Gasteiger partial charge in [0.05, 0.1) is 23.8 Å². The average Bonchev–Trinajstić information content (AvgIpc) is 2.48. The van der Waals surface area contributed by atoms with Crippen LogP contribution in [0.2, 0.25) is 0 Å². The molecule has 0 saturated carbocycles. The number of amides is 1. The number of nitrogens with zero attached hydrogens (tertiary/aromatic N) is 2. The predicted molar refractivity (Wildman–Crippen MR) is 86.7 cm³/mol. The Morgan fingerprint density at radius 1 is 1.27 bits per heavy atom. The largest absolute Gasteiger partial charge is 0.353 e. The van der Waals surface area contributed by atoms with E-state index in [1.165, 1.54) is 0 Å². The first kappa shape index (κ1) is 16.2. The van der Waals surface area contributed by atoms with Gasteiger partial charge in [0.2, 0.25) is 5.91 Å². The fraction of sp³-hybridized carbons (Fsp3) is 0.438. The Bertz CT molecular complexity index is 709. The SMILES string of the molecule is CC(C)NC(=O)CNC(C)Cn1cnc2ccccc2c1=O. The van der Waals surface area contributed by atoms with E-state index in [-0.39, 0.29) is 30.1 Å². The highest BCUT2D eigenvalue weighted by Crippen LogP contribution is 2.04. The van der Waals surface area contributed by atoms with Crippen LogP contribution in [-0.4, -0.2) is 34.1 Å². The first-order chi connectivity index (χ1) is 10.5. The third-order valence-electron chi connectivity index (χ3n) is 3.26. The predicted octanol–water partition coefficient (Wildman–Crippen LogP) is 0.899. The van der Waals surface area contributed by atoms with Crippen molar-refractivity contribution in [2.24, 2.45) is 0 Å². The number of rotatable bonds is 6. The highest BCUT2D eigenvalue weighted by atomic mass is 16.2. The number of para-hydroxylation sites is 1. The Balaban J connectivity index is 2.00. The lowest BCUT2D eigenvalue weighted by molar-refractivity contribution is -0.120. The van der Waals surface area contributed by atoms with E-state index < -0.39 is 0 Å². The maximum atomic E-state index is 12.4. The number of aromatic nitrogens is 2. The second-order valence-electron chi connectivity index (χ2n) is 5.72. The molecule has 1 atom stereocenters. The molecule has 2 N–H and O–H groups in total. The normalized spacial score (nSPS) is 12.5. The first-order valence-electron chi connectivity index (χ1n) is 7.44. The molecule has 1 aromatic carbocycles. The number of fused-ring (bicyclic) bond motifs is 1. The van der Waals surface area contributed by atoms with Crippen LogP contribution in [0, 0.1) is 0 Å². The molecular formula is C16H22N4O2. The zero-order valence-electron chi connectivity index (χ0n) is 13.2. The highest BCUT2D eigenvalue weighted by molar-refractivity contribution is 5.78. The lowest BCUT2D eigenvalue weighted by atomic mass is 10.2. The van der Waals surface area contributed by atoms with Gasteiger partial charge in [-0.3, -0.25) is 14.2 Å². The van der Waals surface area contributed by atoms with Crippen LogP contribution in [0.25, 0.3) is 10.9 Å². The molecule has 0 bridgehead atoms. The average molecular weight is 302 g/mol. The van der Waals surface area contributed by atoms with Crippen LogP contribution in [0.5, 0.6) is 0 Å². The quantitative estimate of drug-likeness (QED) is 0.831. The van der Waals surface area contributed by atoms with Gasteiger partial charge in [-0.05, 0) is 32.9 Å². The molecule has 0 aliphatic carbocycles. The fourth-order valence-corrected chi connectivity index (χ4v) is 2.24. The molecule has 1 heterocycles. The second kappa shape index (κ2) is 7.17. The van der Waals surface area contributed by atoms with Crippen LogP contribution in [0.3, 0.4) is 0 Å². The van der Waals surface area contributed by atoms with E-state index in [2.05, 4.69) is 15.6 Å². The molecule has 6 nitrogen and oxygen atoms in total. The molecule has 0 fully saturated rings. The van der Waals surface area contributed by atoms with Crippen molar-refractivity contribution >= 4 is 16.8 Å².